The van der Waals surface area contributed by atoms with Crippen LogP contribution in [0, 0.1) is 0 Å². The predicted molar refractivity (Wildman–Crippen MR) is 75.6 cm³/mol. The smallest absolute Gasteiger partial charge is 0.162 e. The van der Waals surface area contributed by atoms with Gasteiger partial charge in [-0.2, -0.15) is 0 Å². The number of hydrogen-bond acceptors (Lipinski definition) is 1. The SMILES string of the molecule is C=C(c1ccccc1)c1cccc(C(=O)CC)c1. The first-order valence-corrected chi connectivity index (χ1v) is 6.10. The molecule has 2 aromatic rings. The second kappa shape index (κ2) is 5.46. The summed E-state index contributed by atoms with van der Waals surface area (Å²) in [5, 5.41) is 0. The molecular formula is C17H16O. The van der Waals surface area contributed by atoms with E-state index in [1.165, 1.54) is 0 Å². The molecular weight excluding hydrogens is 220 g/mol. The molecule has 0 aliphatic carbocycles. The van der Waals surface area contributed by atoms with E-state index < -0.39 is 0 Å². The maximum absolute atomic E-state index is 11.7. The standard InChI is InChI=1S/C17H16O/c1-3-17(18)16-11-7-10-15(12-16)13(2)14-8-5-4-6-9-14/h4-12H,2-3H2,1H3. The predicted octanol–water partition coefficient (Wildman–Crippen LogP) is 4.34. The topological polar surface area (TPSA) is 17.1 Å². The summed E-state index contributed by atoms with van der Waals surface area (Å²) in [6.07, 6.45) is 0.529. The molecule has 2 rings (SSSR count). The van der Waals surface area contributed by atoms with Crippen molar-refractivity contribution in [2.24, 2.45) is 0 Å². The van der Waals surface area contributed by atoms with Crippen LogP contribution in [-0.4, -0.2) is 5.78 Å². The fourth-order valence-corrected chi connectivity index (χ4v) is 1.89. The summed E-state index contributed by atoms with van der Waals surface area (Å²) < 4.78 is 0. The summed E-state index contributed by atoms with van der Waals surface area (Å²) in [6, 6.07) is 17.7. The Morgan fingerprint density at radius 2 is 1.56 bits per heavy atom. The van der Waals surface area contributed by atoms with Gasteiger partial charge in [-0.3, -0.25) is 4.79 Å². The second-order valence-electron chi connectivity index (χ2n) is 4.20. The summed E-state index contributed by atoms with van der Waals surface area (Å²) in [5.41, 5.74) is 3.78. The van der Waals surface area contributed by atoms with E-state index in [-0.39, 0.29) is 5.78 Å². The molecule has 2 aromatic carbocycles. The van der Waals surface area contributed by atoms with Crippen molar-refractivity contribution in [1.29, 1.82) is 0 Å². The van der Waals surface area contributed by atoms with E-state index >= 15 is 0 Å². The number of carbonyl (C=O) groups is 1. The van der Waals surface area contributed by atoms with Crippen LogP contribution in [-0.2, 0) is 0 Å². The van der Waals surface area contributed by atoms with Crippen LogP contribution in [0.4, 0.5) is 0 Å². The molecule has 0 bridgehead atoms. The van der Waals surface area contributed by atoms with Gasteiger partial charge in [-0.05, 0) is 22.8 Å². The van der Waals surface area contributed by atoms with Gasteiger partial charge < -0.3 is 0 Å². The van der Waals surface area contributed by atoms with E-state index in [0.717, 1.165) is 22.3 Å². The minimum absolute atomic E-state index is 0.165. The van der Waals surface area contributed by atoms with Crippen LogP contribution in [0.1, 0.15) is 34.8 Å². The lowest BCUT2D eigenvalue weighted by molar-refractivity contribution is 0.0988. The van der Waals surface area contributed by atoms with E-state index in [0.29, 0.717) is 6.42 Å². The quantitative estimate of drug-likeness (QED) is 0.722. The minimum atomic E-state index is 0.165. The van der Waals surface area contributed by atoms with E-state index in [9.17, 15) is 4.79 Å². The third-order valence-electron chi connectivity index (χ3n) is 2.98. The third-order valence-corrected chi connectivity index (χ3v) is 2.98. The molecule has 0 unspecified atom stereocenters. The van der Waals surface area contributed by atoms with Gasteiger partial charge >= 0.3 is 0 Å². The van der Waals surface area contributed by atoms with Gasteiger partial charge in [0, 0.05) is 12.0 Å². The average Bonchev–Trinajstić information content (AvgIpc) is 2.46. The van der Waals surface area contributed by atoms with Gasteiger partial charge in [-0.25, -0.2) is 0 Å². The number of benzene rings is 2. The molecule has 0 fully saturated rings. The van der Waals surface area contributed by atoms with Gasteiger partial charge in [0.1, 0.15) is 0 Å². The molecule has 0 spiro atoms. The molecule has 90 valence electrons. The van der Waals surface area contributed by atoms with Crippen molar-refractivity contribution < 1.29 is 4.79 Å². The van der Waals surface area contributed by atoms with Crippen LogP contribution in [0.15, 0.2) is 61.2 Å². The Morgan fingerprint density at radius 3 is 2.22 bits per heavy atom. The third kappa shape index (κ3) is 2.57. The maximum Gasteiger partial charge on any atom is 0.162 e. The van der Waals surface area contributed by atoms with Crippen molar-refractivity contribution in [2.75, 3.05) is 0 Å². The maximum atomic E-state index is 11.7. The van der Waals surface area contributed by atoms with Crippen LogP contribution in [0.5, 0.6) is 0 Å². The second-order valence-corrected chi connectivity index (χ2v) is 4.20. The first kappa shape index (κ1) is 12.3. The van der Waals surface area contributed by atoms with Crippen molar-refractivity contribution >= 4 is 11.4 Å². The molecule has 0 radical (unpaired) electrons. The van der Waals surface area contributed by atoms with Crippen molar-refractivity contribution in [1.82, 2.24) is 0 Å². The number of rotatable bonds is 4. The first-order chi connectivity index (χ1) is 8.72. The van der Waals surface area contributed by atoms with Crippen LogP contribution in [0.3, 0.4) is 0 Å². The molecule has 0 heterocycles. The molecule has 0 aliphatic rings. The highest BCUT2D eigenvalue weighted by molar-refractivity contribution is 5.97. The van der Waals surface area contributed by atoms with Crippen LogP contribution < -0.4 is 0 Å². The Hall–Kier alpha value is -2.15. The zero-order chi connectivity index (χ0) is 13.0. The normalized spacial score (nSPS) is 10.1. The number of hydrogen-bond donors (Lipinski definition) is 0. The fourth-order valence-electron chi connectivity index (χ4n) is 1.89. The number of Topliss-reactive ketones (excluding diaryl/α,β-unsaturated/α-hetero) is 1. The number of carbonyl (C=O) groups excluding carboxylic acids is 1. The van der Waals surface area contributed by atoms with E-state index in [4.69, 9.17) is 0 Å². The highest BCUT2D eigenvalue weighted by Crippen LogP contribution is 2.22. The highest BCUT2D eigenvalue weighted by Gasteiger charge is 2.06. The molecule has 0 aliphatic heterocycles. The molecule has 18 heavy (non-hydrogen) atoms. The van der Waals surface area contributed by atoms with Gasteiger partial charge in [-0.15, -0.1) is 0 Å². The lowest BCUT2D eigenvalue weighted by Crippen LogP contribution is -1.97. The molecule has 0 atom stereocenters. The average molecular weight is 236 g/mol. The van der Waals surface area contributed by atoms with E-state index in [2.05, 4.69) is 6.58 Å². The van der Waals surface area contributed by atoms with Crippen molar-refractivity contribution in [3.05, 3.63) is 77.9 Å². The lowest BCUT2D eigenvalue weighted by atomic mass is 9.97. The summed E-state index contributed by atoms with van der Waals surface area (Å²) >= 11 is 0. The van der Waals surface area contributed by atoms with E-state index in [1.807, 2.05) is 61.5 Å². The van der Waals surface area contributed by atoms with Gasteiger partial charge in [0.05, 0.1) is 0 Å². The van der Waals surface area contributed by atoms with Gasteiger partial charge in [0.25, 0.3) is 0 Å². The van der Waals surface area contributed by atoms with Crippen LogP contribution in [0.25, 0.3) is 5.57 Å². The first-order valence-electron chi connectivity index (χ1n) is 6.10. The summed E-state index contributed by atoms with van der Waals surface area (Å²) in [5.74, 6) is 0.165. The zero-order valence-electron chi connectivity index (χ0n) is 10.5. The molecule has 0 aromatic heterocycles. The Balaban J connectivity index is 2.35. The highest BCUT2D eigenvalue weighted by atomic mass is 16.1. The van der Waals surface area contributed by atoms with Crippen LogP contribution in [0.2, 0.25) is 0 Å². The molecule has 0 saturated carbocycles. The minimum Gasteiger partial charge on any atom is -0.294 e. The molecule has 0 saturated heterocycles. The monoisotopic (exact) mass is 236 g/mol. The molecule has 1 nitrogen and oxygen atoms in total. The van der Waals surface area contributed by atoms with Crippen molar-refractivity contribution in [3.8, 4) is 0 Å². The van der Waals surface area contributed by atoms with Crippen molar-refractivity contribution in [3.63, 3.8) is 0 Å². The Morgan fingerprint density at radius 1 is 0.944 bits per heavy atom. The van der Waals surface area contributed by atoms with Gasteiger partial charge in [-0.1, -0.05) is 62.0 Å². The molecule has 0 N–H and O–H groups in total. The Kier molecular flexibility index (Phi) is 3.73. The molecule has 1 heteroatoms. The Bertz CT molecular complexity index is 567. The number of ketones is 1. The summed E-state index contributed by atoms with van der Waals surface area (Å²) in [7, 11) is 0. The van der Waals surface area contributed by atoms with Crippen molar-refractivity contribution in [2.45, 2.75) is 13.3 Å². The molecule has 0 amide bonds. The zero-order valence-corrected chi connectivity index (χ0v) is 10.5. The Labute approximate surface area is 108 Å². The van der Waals surface area contributed by atoms with Crippen LogP contribution >= 0.6 is 0 Å². The fraction of sp³-hybridized carbons (Fsp3) is 0.118. The van der Waals surface area contributed by atoms with Gasteiger partial charge in [0.2, 0.25) is 0 Å². The largest absolute Gasteiger partial charge is 0.294 e. The lowest BCUT2D eigenvalue weighted by Gasteiger charge is -2.07. The van der Waals surface area contributed by atoms with Gasteiger partial charge in [0.15, 0.2) is 5.78 Å². The summed E-state index contributed by atoms with van der Waals surface area (Å²) in [4.78, 5) is 11.7. The van der Waals surface area contributed by atoms with E-state index in [1.54, 1.807) is 0 Å². The summed E-state index contributed by atoms with van der Waals surface area (Å²) in [6.45, 7) is 5.99.